The van der Waals surface area contributed by atoms with Gasteiger partial charge >= 0.3 is 0 Å². The van der Waals surface area contributed by atoms with E-state index in [1.165, 1.54) is 11.9 Å². The highest BCUT2D eigenvalue weighted by molar-refractivity contribution is 6.33. The number of halogens is 1. The Morgan fingerprint density at radius 1 is 1.00 bits per heavy atom. The molecule has 3 rings (SSSR count). The van der Waals surface area contributed by atoms with Crippen molar-refractivity contribution in [1.29, 1.82) is 0 Å². The monoisotopic (exact) mass is 354 g/mol. The molecular formula is C19H19ClN4O. The van der Waals surface area contributed by atoms with Gasteiger partial charge in [0.25, 0.3) is 0 Å². The second-order valence-corrected chi connectivity index (χ2v) is 5.83. The summed E-state index contributed by atoms with van der Waals surface area (Å²) >= 11 is 6.16. The van der Waals surface area contributed by atoms with Crippen LogP contribution in [-0.2, 0) is 6.42 Å². The Hall–Kier alpha value is -2.79. The van der Waals surface area contributed by atoms with Gasteiger partial charge in [0, 0.05) is 12.6 Å². The molecule has 1 aromatic heterocycles. The molecule has 25 heavy (non-hydrogen) atoms. The molecule has 0 aliphatic carbocycles. The van der Waals surface area contributed by atoms with Gasteiger partial charge in [0.15, 0.2) is 0 Å². The summed E-state index contributed by atoms with van der Waals surface area (Å²) < 4.78 is 5.16. The van der Waals surface area contributed by atoms with Gasteiger partial charge in [-0.15, -0.1) is 0 Å². The molecule has 2 N–H and O–H groups in total. The van der Waals surface area contributed by atoms with Gasteiger partial charge in [0.1, 0.15) is 23.7 Å². The molecule has 0 fully saturated rings. The van der Waals surface area contributed by atoms with Crippen LogP contribution in [0.5, 0.6) is 5.75 Å². The molecule has 128 valence electrons. The van der Waals surface area contributed by atoms with E-state index in [4.69, 9.17) is 16.3 Å². The lowest BCUT2D eigenvalue weighted by Crippen LogP contribution is -2.07. The van der Waals surface area contributed by atoms with E-state index in [0.29, 0.717) is 10.8 Å². The Bertz CT molecular complexity index is 824. The number of aromatic nitrogens is 2. The zero-order chi connectivity index (χ0) is 17.5. The third kappa shape index (κ3) is 4.84. The minimum atomic E-state index is 0.648. The third-order valence-corrected chi connectivity index (χ3v) is 4.01. The first-order valence-electron chi connectivity index (χ1n) is 7.95. The van der Waals surface area contributed by atoms with E-state index in [9.17, 15) is 0 Å². The number of benzene rings is 2. The predicted octanol–water partition coefficient (Wildman–Crippen LogP) is 4.54. The van der Waals surface area contributed by atoms with Crippen molar-refractivity contribution in [1.82, 2.24) is 9.97 Å². The average Bonchev–Trinajstić information content (AvgIpc) is 2.65. The van der Waals surface area contributed by atoms with Crippen LogP contribution in [-0.4, -0.2) is 23.6 Å². The van der Waals surface area contributed by atoms with Crippen molar-refractivity contribution >= 4 is 28.9 Å². The molecule has 0 amide bonds. The molecule has 6 heteroatoms. The fraction of sp³-hybridized carbons (Fsp3) is 0.158. The maximum Gasteiger partial charge on any atom is 0.135 e. The lowest BCUT2D eigenvalue weighted by atomic mass is 10.1. The van der Waals surface area contributed by atoms with Crippen LogP contribution in [0.2, 0.25) is 5.02 Å². The maximum atomic E-state index is 6.16. The lowest BCUT2D eigenvalue weighted by molar-refractivity contribution is 0.414. The number of hydrogen-bond donors (Lipinski definition) is 2. The highest BCUT2D eigenvalue weighted by atomic mass is 35.5. The van der Waals surface area contributed by atoms with Gasteiger partial charge in [0.2, 0.25) is 0 Å². The standard InChI is InChI=1S/C19H19ClN4O/c1-25-15-8-6-14(7-9-15)10-11-21-18-12-19(23-13-22-18)24-17-5-3-2-4-16(17)20/h2-9,12-13H,10-11H2,1H3,(H2,21,22,23,24). The van der Waals surface area contributed by atoms with E-state index in [-0.39, 0.29) is 0 Å². The summed E-state index contributed by atoms with van der Waals surface area (Å²) in [6.45, 7) is 0.773. The third-order valence-electron chi connectivity index (χ3n) is 3.68. The molecule has 0 spiro atoms. The van der Waals surface area contributed by atoms with Gasteiger partial charge in [-0.05, 0) is 36.2 Å². The number of para-hydroxylation sites is 1. The van der Waals surface area contributed by atoms with Crippen LogP contribution in [0.15, 0.2) is 60.9 Å². The summed E-state index contributed by atoms with van der Waals surface area (Å²) in [6, 6.07) is 17.5. The van der Waals surface area contributed by atoms with E-state index >= 15 is 0 Å². The number of methoxy groups -OCH3 is 1. The highest BCUT2D eigenvalue weighted by Gasteiger charge is 2.03. The normalized spacial score (nSPS) is 10.3. The molecule has 5 nitrogen and oxygen atoms in total. The predicted molar refractivity (Wildman–Crippen MR) is 102 cm³/mol. The van der Waals surface area contributed by atoms with Crippen LogP contribution in [0.1, 0.15) is 5.56 Å². The van der Waals surface area contributed by atoms with Gasteiger partial charge < -0.3 is 15.4 Å². The number of nitrogens with zero attached hydrogens (tertiary/aromatic N) is 2. The van der Waals surface area contributed by atoms with Crippen LogP contribution in [0.25, 0.3) is 0 Å². The van der Waals surface area contributed by atoms with Gasteiger partial charge in [0.05, 0.1) is 17.8 Å². The molecule has 0 aliphatic heterocycles. The Morgan fingerprint density at radius 2 is 1.76 bits per heavy atom. The quantitative estimate of drug-likeness (QED) is 0.652. The number of hydrogen-bond acceptors (Lipinski definition) is 5. The summed E-state index contributed by atoms with van der Waals surface area (Å²) in [7, 11) is 1.67. The highest BCUT2D eigenvalue weighted by Crippen LogP contribution is 2.24. The molecule has 0 atom stereocenters. The molecule has 1 heterocycles. The topological polar surface area (TPSA) is 59.1 Å². The number of nitrogens with one attached hydrogen (secondary N) is 2. The van der Waals surface area contributed by atoms with Crippen LogP contribution in [0, 0.1) is 0 Å². The van der Waals surface area contributed by atoms with E-state index < -0.39 is 0 Å². The van der Waals surface area contributed by atoms with Crippen LogP contribution in [0.4, 0.5) is 17.3 Å². The van der Waals surface area contributed by atoms with Gasteiger partial charge in [-0.25, -0.2) is 9.97 Å². The van der Waals surface area contributed by atoms with Crippen molar-refractivity contribution in [3.05, 3.63) is 71.5 Å². The molecule has 0 saturated carbocycles. The molecule has 0 aliphatic rings. The Labute approximate surface area is 152 Å². The number of anilines is 3. The fourth-order valence-electron chi connectivity index (χ4n) is 2.35. The summed E-state index contributed by atoms with van der Waals surface area (Å²) in [4.78, 5) is 8.47. The van der Waals surface area contributed by atoms with Crippen molar-refractivity contribution < 1.29 is 4.74 Å². The van der Waals surface area contributed by atoms with Gasteiger partial charge in [-0.2, -0.15) is 0 Å². The van der Waals surface area contributed by atoms with E-state index in [1.54, 1.807) is 7.11 Å². The minimum absolute atomic E-state index is 0.648. The van der Waals surface area contributed by atoms with Crippen LogP contribution < -0.4 is 15.4 Å². The molecule has 0 saturated heterocycles. The van der Waals surface area contributed by atoms with Crippen molar-refractivity contribution in [2.75, 3.05) is 24.3 Å². The first kappa shape index (κ1) is 17.0. The minimum Gasteiger partial charge on any atom is -0.497 e. The lowest BCUT2D eigenvalue weighted by Gasteiger charge is -2.10. The zero-order valence-electron chi connectivity index (χ0n) is 13.9. The first-order chi connectivity index (χ1) is 12.2. The van der Waals surface area contributed by atoms with Crippen LogP contribution >= 0.6 is 11.6 Å². The van der Waals surface area contributed by atoms with Gasteiger partial charge in [-0.1, -0.05) is 35.9 Å². The Balaban J connectivity index is 1.57. The molecule has 3 aromatic rings. The fourth-order valence-corrected chi connectivity index (χ4v) is 2.53. The molecule has 0 unspecified atom stereocenters. The smallest absolute Gasteiger partial charge is 0.135 e. The van der Waals surface area contributed by atoms with E-state index in [2.05, 4.69) is 32.7 Å². The Morgan fingerprint density at radius 3 is 2.52 bits per heavy atom. The number of ether oxygens (including phenoxy) is 1. The zero-order valence-corrected chi connectivity index (χ0v) is 14.6. The summed E-state index contributed by atoms with van der Waals surface area (Å²) in [5.74, 6) is 2.32. The second kappa shape index (κ2) is 8.35. The largest absolute Gasteiger partial charge is 0.497 e. The molecular weight excluding hydrogens is 336 g/mol. The summed E-state index contributed by atoms with van der Waals surface area (Å²) in [6.07, 6.45) is 2.41. The summed E-state index contributed by atoms with van der Waals surface area (Å²) in [5.41, 5.74) is 2.05. The summed E-state index contributed by atoms with van der Waals surface area (Å²) in [5, 5.41) is 7.15. The number of rotatable bonds is 7. The molecule has 0 radical (unpaired) electrons. The molecule has 0 bridgehead atoms. The average molecular weight is 355 g/mol. The van der Waals surface area contributed by atoms with Crippen molar-refractivity contribution in [3.8, 4) is 5.75 Å². The maximum absolute atomic E-state index is 6.16. The van der Waals surface area contributed by atoms with Gasteiger partial charge in [-0.3, -0.25) is 0 Å². The van der Waals surface area contributed by atoms with Crippen molar-refractivity contribution in [2.24, 2.45) is 0 Å². The van der Waals surface area contributed by atoms with Crippen molar-refractivity contribution in [3.63, 3.8) is 0 Å². The van der Waals surface area contributed by atoms with E-state index in [1.807, 2.05) is 42.5 Å². The van der Waals surface area contributed by atoms with Crippen molar-refractivity contribution in [2.45, 2.75) is 6.42 Å². The van der Waals surface area contributed by atoms with Crippen LogP contribution in [0.3, 0.4) is 0 Å². The molecule has 2 aromatic carbocycles. The SMILES string of the molecule is COc1ccc(CCNc2cc(Nc3ccccc3Cl)ncn2)cc1. The second-order valence-electron chi connectivity index (χ2n) is 5.42. The first-order valence-corrected chi connectivity index (χ1v) is 8.33. The Kier molecular flexibility index (Phi) is 5.69. The van der Waals surface area contributed by atoms with E-state index in [0.717, 1.165) is 30.2 Å².